The van der Waals surface area contributed by atoms with Crippen LogP contribution in [0, 0.1) is 5.41 Å². The van der Waals surface area contributed by atoms with Crippen molar-refractivity contribution in [3.05, 3.63) is 24.5 Å². The van der Waals surface area contributed by atoms with E-state index in [1.165, 1.54) is 0 Å². The van der Waals surface area contributed by atoms with Crippen molar-refractivity contribution in [3.63, 3.8) is 0 Å². The van der Waals surface area contributed by atoms with Gasteiger partial charge in [-0.3, -0.25) is 0 Å². The van der Waals surface area contributed by atoms with Crippen LogP contribution in [-0.2, 0) is 9.47 Å². The number of ether oxygens (including phenoxy) is 2. The van der Waals surface area contributed by atoms with Crippen molar-refractivity contribution in [1.82, 2.24) is 0 Å². The molecule has 1 unspecified atom stereocenters. The fraction of sp³-hybridized carbons (Fsp3) is 0.600. The van der Waals surface area contributed by atoms with E-state index in [4.69, 9.17) is 9.47 Å². The molecule has 12 heavy (non-hydrogen) atoms. The lowest BCUT2D eigenvalue weighted by Crippen LogP contribution is -2.33. The summed E-state index contributed by atoms with van der Waals surface area (Å²) in [4.78, 5) is 0. The third-order valence-electron chi connectivity index (χ3n) is 2.82. The molecule has 0 amide bonds. The molecule has 0 aliphatic carbocycles. The maximum atomic E-state index is 5.44. The highest BCUT2D eigenvalue weighted by atomic mass is 16.5. The summed E-state index contributed by atoms with van der Waals surface area (Å²) in [7, 11) is 0. The van der Waals surface area contributed by atoms with E-state index >= 15 is 0 Å². The van der Waals surface area contributed by atoms with Crippen LogP contribution in [-0.4, -0.2) is 19.8 Å². The van der Waals surface area contributed by atoms with Gasteiger partial charge in [-0.25, -0.2) is 0 Å². The van der Waals surface area contributed by atoms with Crippen LogP contribution in [0.4, 0.5) is 0 Å². The molecule has 2 saturated heterocycles. The summed E-state index contributed by atoms with van der Waals surface area (Å²) < 4.78 is 10.8. The van der Waals surface area contributed by atoms with Crippen molar-refractivity contribution in [2.75, 3.05) is 19.8 Å². The normalized spacial score (nSPS) is 35.7. The van der Waals surface area contributed by atoms with Gasteiger partial charge in [0.1, 0.15) is 12.4 Å². The fourth-order valence-corrected chi connectivity index (χ4v) is 1.90. The second kappa shape index (κ2) is 2.63. The molecule has 2 heterocycles. The maximum Gasteiger partial charge on any atom is 0.115 e. The third-order valence-corrected chi connectivity index (χ3v) is 2.82. The molecular formula is C10H14O2. The largest absolute Gasteiger partial charge is 0.493 e. The summed E-state index contributed by atoms with van der Waals surface area (Å²) >= 11 is 0. The van der Waals surface area contributed by atoms with Crippen LogP contribution in [0.5, 0.6) is 0 Å². The number of allylic oxidation sites excluding steroid dienone is 1. The van der Waals surface area contributed by atoms with Crippen molar-refractivity contribution in [3.8, 4) is 0 Å². The summed E-state index contributed by atoms with van der Waals surface area (Å²) in [6.45, 7) is 10.2. The lowest BCUT2D eigenvalue weighted by atomic mass is 9.78. The Morgan fingerprint density at radius 2 is 2.08 bits per heavy atom. The zero-order valence-corrected chi connectivity index (χ0v) is 7.27. The van der Waals surface area contributed by atoms with Gasteiger partial charge in [-0.1, -0.05) is 13.2 Å². The van der Waals surface area contributed by atoms with E-state index in [2.05, 4.69) is 13.2 Å². The van der Waals surface area contributed by atoms with E-state index in [0.717, 1.165) is 37.4 Å². The Morgan fingerprint density at radius 1 is 1.25 bits per heavy atom. The Labute approximate surface area is 72.9 Å². The average molecular weight is 166 g/mol. The lowest BCUT2D eigenvalue weighted by Gasteiger charge is -2.31. The molecule has 0 aromatic carbocycles. The molecule has 0 radical (unpaired) electrons. The van der Waals surface area contributed by atoms with Gasteiger partial charge in [-0.2, -0.15) is 0 Å². The molecule has 0 aromatic heterocycles. The monoisotopic (exact) mass is 166 g/mol. The average Bonchev–Trinajstić information content (AvgIpc) is 2.37. The zero-order chi connectivity index (χ0) is 8.60. The van der Waals surface area contributed by atoms with Crippen molar-refractivity contribution in [2.24, 2.45) is 5.41 Å². The van der Waals surface area contributed by atoms with Crippen LogP contribution in [0.25, 0.3) is 0 Å². The predicted molar refractivity (Wildman–Crippen MR) is 46.7 cm³/mol. The van der Waals surface area contributed by atoms with Gasteiger partial charge in [0.15, 0.2) is 0 Å². The van der Waals surface area contributed by atoms with Gasteiger partial charge in [0, 0.05) is 6.61 Å². The highest BCUT2D eigenvalue weighted by Crippen LogP contribution is 2.44. The topological polar surface area (TPSA) is 18.5 Å². The molecular weight excluding hydrogens is 152 g/mol. The van der Waals surface area contributed by atoms with E-state index in [-0.39, 0.29) is 5.41 Å². The molecule has 2 aliphatic rings. The highest BCUT2D eigenvalue weighted by Gasteiger charge is 2.42. The maximum absolute atomic E-state index is 5.44. The first-order valence-electron chi connectivity index (χ1n) is 4.34. The Hall–Kier alpha value is -0.760. The molecule has 2 rings (SSSR count). The van der Waals surface area contributed by atoms with E-state index in [1.54, 1.807) is 0 Å². The second-order valence-corrected chi connectivity index (χ2v) is 3.63. The van der Waals surface area contributed by atoms with E-state index in [0.29, 0.717) is 6.61 Å². The van der Waals surface area contributed by atoms with Crippen LogP contribution in [0.1, 0.15) is 12.8 Å². The quantitative estimate of drug-likeness (QED) is 0.547. The molecule has 0 saturated carbocycles. The smallest absolute Gasteiger partial charge is 0.115 e. The van der Waals surface area contributed by atoms with Gasteiger partial charge >= 0.3 is 0 Å². The molecule has 66 valence electrons. The Kier molecular flexibility index (Phi) is 1.72. The zero-order valence-electron chi connectivity index (χ0n) is 7.27. The van der Waals surface area contributed by atoms with E-state index < -0.39 is 0 Å². The van der Waals surface area contributed by atoms with Crippen molar-refractivity contribution in [2.45, 2.75) is 12.8 Å². The summed E-state index contributed by atoms with van der Waals surface area (Å²) in [5.41, 5.74) is 1.11. The predicted octanol–water partition coefficient (Wildman–Crippen LogP) is 1.88. The van der Waals surface area contributed by atoms with Crippen molar-refractivity contribution in [1.29, 1.82) is 0 Å². The highest BCUT2D eigenvalue weighted by molar-refractivity contribution is 5.32. The van der Waals surface area contributed by atoms with Crippen LogP contribution in [0.2, 0.25) is 0 Å². The Bertz CT molecular complexity index is 224. The number of hydrogen-bond acceptors (Lipinski definition) is 2. The first kappa shape index (κ1) is 7.87. The van der Waals surface area contributed by atoms with E-state index in [9.17, 15) is 0 Å². The minimum absolute atomic E-state index is 0.0648. The molecule has 0 N–H and O–H groups in total. The SMILES string of the molecule is C=C1OCC2(CCCOC2)C1=C. The molecule has 2 fully saturated rings. The van der Waals surface area contributed by atoms with Gasteiger partial charge in [0.2, 0.25) is 0 Å². The molecule has 1 spiro atoms. The molecule has 2 heteroatoms. The molecule has 0 bridgehead atoms. The summed E-state index contributed by atoms with van der Waals surface area (Å²) in [6.07, 6.45) is 2.24. The van der Waals surface area contributed by atoms with Gasteiger partial charge in [0.25, 0.3) is 0 Å². The van der Waals surface area contributed by atoms with Gasteiger partial charge in [-0.05, 0) is 18.4 Å². The van der Waals surface area contributed by atoms with E-state index in [1.807, 2.05) is 0 Å². The van der Waals surface area contributed by atoms with Crippen molar-refractivity contribution >= 4 is 0 Å². The summed E-state index contributed by atoms with van der Waals surface area (Å²) in [6, 6.07) is 0. The lowest BCUT2D eigenvalue weighted by molar-refractivity contribution is 0.00173. The first-order chi connectivity index (χ1) is 5.75. The standard InChI is InChI=1S/C10H14O2/c1-8-9(2)12-7-10(8)4-3-5-11-6-10/h1-7H2. The van der Waals surface area contributed by atoms with Gasteiger partial charge < -0.3 is 9.47 Å². The van der Waals surface area contributed by atoms with Gasteiger partial charge in [-0.15, -0.1) is 0 Å². The number of hydrogen-bond donors (Lipinski definition) is 0. The van der Waals surface area contributed by atoms with Crippen molar-refractivity contribution < 1.29 is 9.47 Å². The summed E-state index contributed by atoms with van der Waals surface area (Å²) in [5, 5.41) is 0. The molecule has 2 aliphatic heterocycles. The molecule has 1 atom stereocenters. The summed E-state index contributed by atoms with van der Waals surface area (Å²) in [5.74, 6) is 0.750. The van der Waals surface area contributed by atoms with Crippen LogP contribution >= 0.6 is 0 Å². The molecule has 2 nitrogen and oxygen atoms in total. The Morgan fingerprint density at radius 3 is 2.58 bits per heavy atom. The number of rotatable bonds is 0. The van der Waals surface area contributed by atoms with Crippen LogP contribution in [0.15, 0.2) is 24.5 Å². The minimum Gasteiger partial charge on any atom is -0.493 e. The van der Waals surface area contributed by atoms with Gasteiger partial charge in [0.05, 0.1) is 12.0 Å². The second-order valence-electron chi connectivity index (χ2n) is 3.63. The fourth-order valence-electron chi connectivity index (χ4n) is 1.90. The molecule has 0 aromatic rings. The van der Waals surface area contributed by atoms with Crippen LogP contribution < -0.4 is 0 Å². The third kappa shape index (κ3) is 0.985. The van der Waals surface area contributed by atoms with Crippen LogP contribution in [0.3, 0.4) is 0 Å². The first-order valence-corrected chi connectivity index (χ1v) is 4.34. The Balaban J connectivity index is 2.19. The minimum atomic E-state index is 0.0648.